The fourth-order valence-corrected chi connectivity index (χ4v) is 2.50. The topological polar surface area (TPSA) is 167 Å². The third-order valence-corrected chi connectivity index (χ3v) is 3.68. The van der Waals surface area contributed by atoms with Crippen LogP contribution in [0.2, 0.25) is 0 Å². The number of aryl methyl sites for hydroxylation is 1. The van der Waals surface area contributed by atoms with E-state index in [1.165, 1.54) is 23.1 Å². The number of nitrogens with one attached hydrogen (secondary N) is 2. The first kappa shape index (κ1) is 21.5. The Hall–Kier alpha value is -4.22. The molecule has 0 saturated carbocycles. The van der Waals surface area contributed by atoms with E-state index in [0.29, 0.717) is 5.56 Å². The van der Waals surface area contributed by atoms with Crippen molar-refractivity contribution in [2.24, 2.45) is 12.8 Å². The van der Waals surface area contributed by atoms with Gasteiger partial charge in [0.2, 0.25) is 5.89 Å². The number of nitrogens with two attached hydrogens (primary N) is 1. The molecule has 0 saturated heterocycles. The molecule has 0 aliphatic rings. The van der Waals surface area contributed by atoms with E-state index in [1.54, 1.807) is 33.9 Å². The van der Waals surface area contributed by atoms with E-state index in [1.807, 2.05) is 0 Å². The van der Waals surface area contributed by atoms with Gasteiger partial charge in [-0.3, -0.25) is 19.6 Å². The maximum absolute atomic E-state index is 12.5. The number of carbonyl (C=O) groups excluding carboxylic acids is 3. The van der Waals surface area contributed by atoms with Crippen molar-refractivity contribution in [2.75, 3.05) is 10.6 Å². The van der Waals surface area contributed by atoms with Gasteiger partial charge < -0.3 is 20.2 Å². The van der Waals surface area contributed by atoms with Crippen LogP contribution in [0.4, 0.5) is 16.3 Å². The number of carbonyl (C=O) groups is 3. The van der Waals surface area contributed by atoms with Crippen molar-refractivity contribution >= 4 is 29.4 Å². The highest BCUT2D eigenvalue weighted by molar-refractivity contribution is 6.07. The number of hydrogen-bond acceptors (Lipinski definition) is 8. The minimum Gasteiger partial charge on any atom is -0.444 e. The monoisotopic (exact) mass is 427 g/mol. The Morgan fingerprint density at radius 2 is 1.97 bits per heavy atom. The standard InChI is InChI=1S/C19H21N7O5/c1-19(2,3)31-18(29)24-13-7-10(5-6-21-13)17-23-12(9-30-17)16(28)22-11-8-26(4)25-14(11)15(20)27/h5-9H,1-4H3,(H2,20,27)(H,22,28)(H,21,24,29). The van der Waals surface area contributed by atoms with Gasteiger partial charge in [-0.05, 0) is 32.9 Å². The van der Waals surface area contributed by atoms with E-state index >= 15 is 0 Å². The molecule has 12 nitrogen and oxygen atoms in total. The van der Waals surface area contributed by atoms with Crippen LogP contribution >= 0.6 is 0 Å². The molecule has 162 valence electrons. The highest BCUT2D eigenvalue weighted by Gasteiger charge is 2.20. The first-order valence-corrected chi connectivity index (χ1v) is 9.08. The van der Waals surface area contributed by atoms with E-state index in [-0.39, 0.29) is 28.8 Å². The number of ether oxygens (including phenoxy) is 1. The van der Waals surface area contributed by atoms with Crippen molar-refractivity contribution < 1.29 is 23.5 Å². The number of pyridine rings is 1. The Labute approximate surface area is 176 Å². The molecule has 0 aromatic carbocycles. The molecule has 0 atom stereocenters. The maximum Gasteiger partial charge on any atom is 0.413 e. The summed E-state index contributed by atoms with van der Waals surface area (Å²) in [4.78, 5) is 44.0. The molecule has 0 bridgehead atoms. The van der Waals surface area contributed by atoms with Crippen LogP contribution in [0.5, 0.6) is 0 Å². The quantitative estimate of drug-likeness (QED) is 0.557. The number of hydrogen-bond donors (Lipinski definition) is 3. The number of aromatic nitrogens is 4. The zero-order valence-electron chi connectivity index (χ0n) is 17.3. The first-order chi connectivity index (χ1) is 14.5. The highest BCUT2D eigenvalue weighted by atomic mass is 16.6. The van der Waals surface area contributed by atoms with Crippen molar-refractivity contribution in [2.45, 2.75) is 26.4 Å². The summed E-state index contributed by atoms with van der Waals surface area (Å²) in [6.07, 6.45) is 3.38. The van der Waals surface area contributed by atoms with Crippen LogP contribution in [-0.4, -0.2) is 43.3 Å². The summed E-state index contributed by atoms with van der Waals surface area (Å²) in [6, 6.07) is 3.11. The van der Waals surface area contributed by atoms with Gasteiger partial charge in [0.15, 0.2) is 11.4 Å². The number of amides is 3. The second-order valence-corrected chi connectivity index (χ2v) is 7.48. The van der Waals surface area contributed by atoms with E-state index in [0.717, 1.165) is 6.26 Å². The number of nitrogens with zero attached hydrogens (tertiary/aromatic N) is 4. The average molecular weight is 427 g/mol. The second kappa shape index (κ2) is 8.26. The summed E-state index contributed by atoms with van der Waals surface area (Å²) in [5, 5.41) is 8.93. The van der Waals surface area contributed by atoms with Gasteiger partial charge in [0.25, 0.3) is 11.8 Å². The summed E-state index contributed by atoms with van der Waals surface area (Å²) in [5.74, 6) is -1.05. The molecular formula is C19H21N7O5. The van der Waals surface area contributed by atoms with Crippen molar-refractivity contribution in [3.8, 4) is 11.5 Å². The van der Waals surface area contributed by atoms with Gasteiger partial charge in [0.05, 0.1) is 5.69 Å². The summed E-state index contributed by atoms with van der Waals surface area (Å²) >= 11 is 0. The first-order valence-electron chi connectivity index (χ1n) is 9.08. The minimum atomic E-state index is -0.779. The lowest BCUT2D eigenvalue weighted by atomic mass is 10.2. The molecule has 0 aliphatic heterocycles. The van der Waals surface area contributed by atoms with Crippen molar-refractivity contribution in [1.82, 2.24) is 19.7 Å². The molecule has 0 aliphatic carbocycles. The molecule has 3 rings (SSSR count). The summed E-state index contributed by atoms with van der Waals surface area (Å²) in [7, 11) is 1.59. The second-order valence-electron chi connectivity index (χ2n) is 7.48. The van der Waals surface area contributed by atoms with Gasteiger partial charge >= 0.3 is 6.09 Å². The summed E-state index contributed by atoms with van der Waals surface area (Å²) < 4.78 is 11.9. The average Bonchev–Trinajstić information content (AvgIpc) is 3.27. The number of primary amides is 1. The number of rotatable bonds is 5. The molecule has 4 N–H and O–H groups in total. The van der Waals surface area contributed by atoms with E-state index in [2.05, 4.69) is 25.7 Å². The van der Waals surface area contributed by atoms with Crippen molar-refractivity contribution in [3.63, 3.8) is 0 Å². The third-order valence-electron chi connectivity index (χ3n) is 3.68. The fraction of sp³-hybridized carbons (Fsp3) is 0.263. The highest BCUT2D eigenvalue weighted by Crippen LogP contribution is 2.22. The molecule has 12 heteroatoms. The van der Waals surface area contributed by atoms with Crippen LogP contribution in [0.25, 0.3) is 11.5 Å². The van der Waals surface area contributed by atoms with Gasteiger partial charge in [-0.1, -0.05) is 0 Å². The van der Waals surface area contributed by atoms with E-state index in [4.69, 9.17) is 14.9 Å². The lowest BCUT2D eigenvalue weighted by Gasteiger charge is -2.19. The van der Waals surface area contributed by atoms with Crippen molar-refractivity contribution in [3.05, 3.63) is 42.2 Å². The Balaban J connectivity index is 1.74. The van der Waals surface area contributed by atoms with Gasteiger partial charge in [-0.15, -0.1) is 0 Å². The zero-order valence-corrected chi connectivity index (χ0v) is 17.3. The molecule has 3 aromatic heterocycles. The molecule has 0 spiro atoms. The van der Waals surface area contributed by atoms with Crippen LogP contribution in [0.1, 0.15) is 41.7 Å². The van der Waals surface area contributed by atoms with Crippen molar-refractivity contribution in [1.29, 1.82) is 0 Å². The van der Waals surface area contributed by atoms with Crippen LogP contribution in [0, 0.1) is 0 Å². The van der Waals surface area contributed by atoms with Crippen LogP contribution in [0.15, 0.2) is 35.2 Å². The molecule has 0 radical (unpaired) electrons. The number of anilines is 2. The summed E-state index contributed by atoms with van der Waals surface area (Å²) in [5.41, 5.74) is 5.11. The SMILES string of the molecule is Cn1cc(NC(=O)c2coc(-c3ccnc(NC(=O)OC(C)(C)C)c3)n2)c(C(N)=O)n1. The predicted octanol–water partition coefficient (Wildman–Crippen LogP) is 2.17. The Bertz CT molecular complexity index is 1140. The molecule has 0 unspecified atom stereocenters. The lowest BCUT2D eigenvalue weighted by molar-refractivity contribution is 0.0635. The van der Waals surface area contributed by atoms with Gasteiger partial charge in [0, 0.05) is 25.0 Å². The van der Waals surface area contributed by atoms with Gasteiger partial charge in [-0.2, -0.15) is 5.10 Å². The molecule has 3 heterocycles. The Morgan fingerprint density at radius 3 is 2.65 bits per heavy atom. The van der Waals surface area contributed by atoms with Gasteiger partial charge in [-0.25, -0.2) is 14.8 Å². The maximum atomic E-state index is 12.5. The third kappa shape index (κ3) is 5.44. The molecule has 0 fully saturated rings. The lowest BCUT2D eigenvalue weighted by Crippen LogP contribution is -2.27. The normalized spacial score (nSPS) is 11.1. The number of oxazole rings is 1. The van der Waals surface area contributed by atoms with E-state index < -0.39 is 23.5 Å². The van der Waals surface area contributed by atoms with Crippen LogP contribution in [-0.2, 0) is 11.8 Å². The van der Waals surface area contributed by atoms with Crippen LogP contribution < -0.4 is 16.4 Å². The summed E-state index contributed by atoms with van der Waals surface area (Å²) in [6.45, 7) is 5.23. The fourth-order valence-electron chi connectivity index (χ4n) is 2.50. The Kier molecular flexibility index (Phi) is 5.72. The smallest absolute Gasteiger partial charge is 0.413 e. The Morgan fingerprint density at radius 1 is 1.23 bits per heavy atom. The van der Waals surface area contributed by atoms with Gasteiger partial charge in [0.1, 0.15) is 17.7 Å². The zero-order chi connectivity index (χ0) is 22.8. The minimum absolute atomic E-state index is 0.0345. The largest absolute Gasteiger partial charge is 0.444 e. The van der Waals surface area contributed by atoms with Crippen LogP contribution in [0.3, 0.4) is 0 Å². The predicted molar refractivity (Wildman–Crippen MR) is 109 cm³/mol. The van der Waals surface area contributed by atoms with E-state index in [9.17, 15) is 14.4 Å². The molecular weight excluding hydrogens is 406 g/mol. The molecule has 3 aromatic rings. The molecule has 3 amide bonds. The molecule has 31 heavy (non-hydrogen) atoms.